The second kappa shape index (κ2) is 4.77. The Morgan fingerprint density at radius 1 is 1.29 bits per heavy atom. The number of piperidine rings is 1. The number of carbonyl (C=O) groups is 1. The van der Waals surface area contributed by atoms with Gasteiger partial charge in [-0.15, -0.1) is 12.4 Å². The standard InChI is InChI=1S/C13H22N2O.ClH/c1-15(10-3-2-4-10)12(16)11-9-13(11)5-7-14-8-6-13;/h10-11,14H,2-9H2,1H3;1H. The molecule has 3 aliphatic rings. The zero-order chi connectivity index (χ0) is 11.2. The Morgan fingerprint density at radius 2 is 1.94 bits per heavy atom. The van der Waals surface area contributed by atoms with Gasteiger partial charge in [-0.2, -0.15) is 0 Å². The van der Waals surface area contributed by atoms with Crippen LogP contribution in [0, 0.1) is 11.3 Å². The number of nitrogens with zero attached hydrogens (tertiary/aromatic N) is 1. The van der Waals surface area contributed by atoms with E-state index in [1.54, 1.807) is 0 Å². The SMILES string of the molecule is CN(C(=O)C1CC12CCNCC2)C1CCC1.Cl. The van der Waals surface area contributed by atoms with Gasteiger partial charge in [-0.25, -0.2) is 0 Å². The van der Waals surface area contributed by atoms with Crippen LogP contribution in [0.25, 0.3) is 0 Å². The van der Waals surface area contributed by atoms with Crippen molar-refractivity contribution in [2.75, 3.05) is 20.1 Å². The minimum Gasteiger partial charge on any atom is -0.343 e. The predicted molar refractivity (Wildman–Crippen MR) is 70.3 cm³/mol. The summed E-state index contributed by atoms with van der Waals surface area (Å²) in [5.41, 5.74) is 0.403. The number of rotatable bonds is 2. The molecule has 1 amide bonds. The Balaban J connectivity index is 0.00000108. The Hall–Kier alpha value is -0.280. The van der Waals surface area contributed by atoms with E-state index in [-0.39, 0.29) is 12.4 Å². The predicted octanol–water partition coefficient (Wildman–Crippen LogP) is 1.81. The molecule has 2 saturated carbocycles. The van der Waals surface area contributed by atoms with Gasteiger partial charge in [0, 0.05) is 19.0 Å². The van der Waals surface area contributed by atoms with E-state index in [1.807, 2.05) is 11.9 Å². The van der Waals surface area contributed by atoms with Gasteiger partial charge >= 0.3 is 0 Å². The molecule has 0 bridgehead atoms. The number of nitrogens with one attached hydrogen (secondary N) is 1. The topological polar surface area (TPSA) is 32.3 Å². The first kappa shape index (κ1) is 13.2. The Bertz CT molecular complexity index is 298. The Labute approximate surface area is 110 Å². The summed E-state index contributed by atoms with van der Waals surface area (Å²) < 4.78 is 0. The van der Waals surface area contributed by atoms with Crippen molar-refractivity contribution in [3.63, 3.8) is 0 Å². The summed E-state index contributed by atoms with van der Waals surface area (Å²) in [6.45, 7) is 2.22. The molecular formula is C13H23ClN2O. The molecule has 0 aromatic carbocycles. The molecule has 1 heterocycles. The number of amides is 1. The zero-order valence-corrected chi connectivity index (χ0v) is 11.4. The highest BCUT2D eigenvalue weighted by atomic mass is 35.5. The number of hydrogen-bond donors (Lipinski definition) is 1. The largest absolute Gasteiger partial charge is 0.343 e. The first-order valence-electron chi connectivity index (χ1n) is 6.70. The monoisotopic (exact) mass is 258 g/mol. The van der Waals surface area contributed by atoms with Crippen LogP contribution in [0.3, 0.4) is 0 Å². The van der Waals surface area contributed by atoms with Crippen LogP contribution in [-0.2, 0) is 4.79 Å². The number of halogens is 1. The Morgan fingerprint density at radius 3 is 2.47 bits per heavy atom. The minimum atomic E-state index is 0. The van der Waals surface area contributed by atoms with E-state index in [4.69, 9.17) is 0 Å². The zero-order valence-electron chi connectivity index (χ0n) is 10.6. The van der Waals surface area contributed by atoms with Crippen LogP contribution in [0.2, 0.25) is 0 Å². The third-order valence-corrected chi connectivity index (χ3v) is 5.06. The lowest BCUT2D eigenvalue weighted by atomic mass is 9.89. The van der Waals surface area contributed by atoms with Gasteiger partial charge in [-0.05, 0) is 57.0 Å². The summed E-state index contributed by atoms with van der Waals surface area (Å²) >= 11 is 0. The van der Waals surface area contributed by atoms with Crippen molar-refractivity contribution in [1.82, 2.24) is 10.2 Å². The van der Waals surface area contributed by atoms with E-state index in [9.17, 15) is 4.79 Å². The van der Waals surface area contributed by atoms with Crippen molar-refractivity contribution in [2.24, 2.45) is 11.3 Å². The molecule has 2 aliphatic carbocycles. The number of hydrogen-bond acceptors (Lipinski definition) is 2. The fourth-order valence-corrected chi connectivity index (χ4v) is 3.37. The van der Waals surface area contributed by atoms with E-state index >= 15 is 0 Å². The van der Waals surface area contributed by atoms with Crippen LogP contribution in [-0.4, -0.2) is 37.0 Å². The highest BCUT2D eigenvalue weighted by Gasteiger charge is 2.58. The molecule has 1 unspecified atom stereocenters. The maximum atomic E-state index is 12.3. The summed E-state index contributed by atoms with van der Waals surface area (Å²) in [7, 11) is 2.01. The van der Waals surface area contributed by atoms with Crippen molar-refractivity contribution in [2.45, 2.75) is 44.6 Å². The second-order valence-corrected chi connectivity index (χ2v) is 5.90. The molecule has 0 radical (unpaired) electrons. The van der Waals surface area contributed by atoms with Gasteiger partial charge in [-0.3, -0.25) is 4.79 Å². The fourth-order valence-electron chi connectivity index (χ4n) is 3.37. The first-order valence-corrected chi connectivity index (χ1v) is 6.70. The molecule has 1 spiro atoms. The van der Waals surface area contributed by atoms with E-state index in [1.165, 1.54) is 32.1 Å². The second-order valence-electron chi connectivity index (χ2n) is 5.90. The highest BCUT2D eigenvalue weighted by molar-refractivity contribution is 5.85. The van der Waals surface area contributed by atoms with Crippen molar-refractivity contribution in [3.05, 3.63) is 0 Å². The molecule has 1 aliphatic heterocycles. The molecule has 17 heavy (non-hydrogen) atoms. The van der Waals surface area contributed by atoms with Gasteiger partial charge in [0.2, 0.25) is 5.91 Å². The maximum absolute atomic E-state index is 12.3. The van der Waals surface area contributed by atoms with Crippen molar-refractivity contribution in [3.8, 4) is 0 Å². The summed E-state index contributed by atoms with van der Waals surface area (Å²) in [5.74, 6) is 0.798. The molecule has 4 heteroatoms. The average Bonchev–Trinajstić information content (AvgIpc) is 2.89. The summed E-state index contributed by atoms with van der Waals surface area (Å²) in [6, 6.07) is 0.562. The normalized spacial score (nSPS) is 30.3. The molecule has 3 rings (SSSR count). The van der Waals surface area contributed by atoms with Crippen LogP contribution >= 0.6 is 12.4 Å². The smallest absolute Gasteiger partial charge is 0.226 e. The first-order chi connectivity index (χ1) is 7.73. The summed E-state index contributed by atoms with van der Waals surface area (Å²) in [4.78, 5) is 14.4. The maximum Gasteiger partial charge on any atom is 0.226 e. The Kier molecular flexibility index (Phi) is 3.69. The van der Waals surface area contributed by atoms with Crippen molar-refractivity contribution in [1.29, 1.82) is 0 Å². The molecule has 0 aromatic rings. The van der Waals surface area contributed by atoms with Gasteiger partial charge in [-0.1, -0.05) is 0 Å². The van der Waals surface area contributed by atoms with Crippen LogP contribution in [0.5, 0.6) is 0 Å². The van der Waals surface area contributed by atoms with Gasteiger partial charge in [0.05, 0.1) is 0 Å². The van der Waals surface area contributed by atoms with Crippen molar-refractivity contribution >= 4 is 18.3 Å². The lowest BCUT2D eigenvalue weighted by Crippen LogP contribution is -2.43. The third-order valence-electron chi connectivity index (χ3n) is 5.06. The third kappa shape index (κ3) is 2.19. The van der Waals surface area contributed by atoms with Crippen LogP contribution in [0.15, 0.2) is 0 Å². The fraction of sp³-hybridized carbons (Fsp3) is 0.923. The molecular weight excluding hydrogens is 236 g/mol. The molecule has 1 atom stereocenters. The highest BCUT2D eigenvalue weighted by Crippen LogP contribution is 2.59. The average molecular weight is 259 g/mol. The summed E-state index contributed by atoms with van der Waals surface area (Å²) in [6.07, 6.45) is 7.34. The van der Waals surface area contributed by atoms with Gasteiger partial charge in [0.25, 0.3) is 0 Å². The van der Waals surface area contributed by atoms with E-state index in [2.05, 4.69) is 5.32 Å². The van der Waals surface area contributed by atoms with Gasteiger partial charge in [0.1, 0.15) is 0 Å². The lowest BCUT2D eigenvalue weighted by Gasteiger charge is -2.35. The molecule has 3 nitrogen and oxygen atoms in total. The van der Waals surface area contributed by atoms with E-state index < -0.39 is 0 Å². The molecule has 1 saturated heterocycles. The molecule has 0 aromatic heterocycles. The summed E-state index contributed by atoms with van der Waals surface area (Å²) in [5, 5.41) is 3.39. The molecule has 1 N–H and O–H groups in total. The minimum absolute atomic E-state index is 0. The van der Waals surface area contributed by atoms with Crippen molar-refractivity contribution < 1.29 is 4.79 Å². The van der Waals surface area contributed by atoms with Gasteiger partial charge < -0.3 is 10.2 Å². The quantitative estimate of drug-likeness (QED) is 0.819. The van der Waals surface area contributed by atoms with Crippen LogP contribution in [0.1, 0.15) is 38.5 Å². The lowest BCUT2D eigenvalue weighted by molar-refractivity contribution is -0.135. The van der Waals surface area contributed by atoms with Crippen LogP contribution in [0.4, 0.5) is 0 Å². The van der Waals surface area contributed by atoms with Gasteiger partial charge in [0.15, 0.2) is 0 Å². The number of carbonyl (C=O) groups excluding carboxylic acids is 1. The molecule has 98 valence electrons. The van der Waals surface area contributed by atoms with E-state index in [0.29, 0.717) is 23.3 Å². The van der Waals surface area contributed by atoms with E-state index in [0.717, 1.165) is 19.5 Å². The molecule has 3 fully saturated rings. The van der Waals surface area contributed by atoms with Crippen LogP contribution < -0.4 is 5.32 Å².